The second-order valence-corrected chi connectivity index (χ2v) is 13.6. The zero-order valence-corrected chi connectivity index (χ0v) is 34.8. The minimum Gasteiger partial charge on any atom is -0.493 e. The van der Waals surface area contributed by atoms with E-state index in [1.54, 1.807) is 18.2 Å². The highest BCUT2D eigenvalue weighted by atomic mass is 16.6. The number of nitro groups is 1. The summed E-state index contributed by atoms with van der Waals surface area (Å²) in [5, 5.41) is 14.8. The molecule has 58 heavy (non-hydrogen) atoms. The van der Waals surface area contributed by atoms with E-state index in [2.05, 4.69) is 12.2 Å². The molecule has 1 unspecified atom stereocenters. The van der Waals surface area contributed by atoms with E-state index < -0.39 is 17.1 Å². The van der Waals surface area contributed by atoms with Gasteiger partial charge in [0.1, 0.15) is 25.9 Å². The lowest BCUT2D eigenvalue weighted by Gasteiger charge is -2.18. The van der Waals surface area contributed by atoms with Gasteiger partial charge in [-0.25, -0.2) is 4.79 Å². The van der Waals surface area contributed by atoms with Gasteiger partial charge < -0.3 is 52.1 Å². The third-order valence-corrected chi connectivity index (χ3v) is 9.01. The summed E-state index contributed by atoms with van der Waals surface area (Å²) >= 11 is 0. The first kappa shape index (κ1) is 48.4. The molecular formula is C42H66N2O14. The second kappa shape index (κ2) is 31.1. The number of nitrogens with zero attached hydrogens (tertiary/aromatic N) is 1. The van der Waals surface area contributed by atoms with Crippen LogP contribution >= 0.6 is 0 Å². The molecule has 0 aromatic heterocycles. The van der Waals surface area contributed by atoms with E-state index >= 15 is 0 Å². The fourth-order valence-corrected chi connectivity index (χ4v) is 5.92. The maximum absolute atomic E-state index is 13.0. The van der Waals surface area contributed by atoms with Gasteiger partial charge in [0.15, 0.2) is 23.0 Å². The van der Waals surface area contributed by atoms with Crippen LogP contribution in [0.3, 0.4) is 0 Å². The van der Waals surface area contributed by atoms with Gasteiger partial charge in [-0.1, -0.05) is 64.7 Å². The normalized spacial score (nSPS) is 15.1. The Kier molecular flexibility index (Phi) is 25.9. The zero-order valence-electron chi connectivity index (χ0n) is 34.8. The molecule has 1 amide bonds. The fraction of sp³-hybridized carbons (Fsp3) is 0.690. The van der Waals surface area contributed by atoms with Gasteiger partial charge in [0.25, 0.3) is 5.69 Å². The molecule has 0 spiro atoms. The summed E-state index contributed by atoms with van der Waals surface area (Å²) in [6.45, 7) is 9.51. The molecule has 16 nitrogen and oxygen atoms in total. The number of hydrogen-bond acceptors (Lipinski definition) is 14. The molecule has 0 saturated carbocycles. The number of ether oxygens (including phenoxy) is 11. The summed E-state index contributed by atoms with van der Waals surface area (Å²) in [5.41, 5.74) is 0.179. The Morgan fingerprint density at radius 3 is 1.81 bits per heavy atom. The predicted molar refractivity (Wildman–Crippen MR) is 218 cm³/mol. The van der Waals surface area contributed by atoms with Crippen molar-refractivity contribution in [2.24, 2.45) is 0 Å². The van der Waals surface area contributed by atoms with Crippen LogP contribution in [-0.4, -0.2) is 117 Å². The van der Waals surface area contributed by atoms with Crippen molar-refractivity contribution in [3.05, 3.63) is 46.0 Å². The molecule has 0 bridgehead atoms. The number of anilines is 1. The lowest BCUT2D eigenvalue weighted by molar-refractivity contribution is -0.386. The number of nitrogens with one attached hydrogen (secondary N) is 1. The monoisotopic (exact) mass is 822 g/mol. The predicted octanol–water partition coefficient (Wildman–Crippen LogP) is 8.08. The van der Waals surface area contributed by atoms with E-state index in [1.165, 1.54) is 84.0 Å². The van der Waals surface area contributed by atoms with Crippen LogP contribution in [0, 0.1) is 10.1 Å². The van der Waals surface area contributed by atoms with E-state index in [1.807, 2.05) is 0 Å². The lowest BCUT2D eigenvalue weighted by atomic mass is 10.1. The van der Waals surface area contributed by atoms with Gasteiger partial charge in [-0.2, -0.15) is 0 Å². The molecule has 16 heteroatoms. The number of carbonyl (C=O) groups excluding carboxylic acids is 1. The molecule has 3 rings (SSSR count). The quantitative estimate of drug-likeness (QED) is 0.0647. The molecule has 1 aliphatic heterocycles. The Morgan fingerprint density at radius 2 is 1.22 bits per heavy atom. The second-order valence-electron chi connectivity index (χ2n) is 13.6. The minimum absolute atomic E-state index is 0.123. The first-order chi connectivity index (χ1) is 28.4. The Hall–Kier alpha value is -3.93. The van der Waals surface area contributed by atoms with Crippen molar-refractivity contribution in [1.29, 1.82) is 0 Å². The number of benzene rings is 2. The molecule has 1 heterocycles. The molecule has 2 aromatic carbocycles. The summed E-state index contributed by atoms with van der Waals surface area (Å²) < 4.78 is 62.0. The third kappa shape index (κ3) is 20.7. The molecule has 0 radical (unpaired) electrons. The van der Waals surface area contributed by atoms with Crippen LogP contribution < -0.4 is 24.3 Å². The van der Waals surface area contributed by atoms with E-state index in [-0.39, 0.29) is 49.2 Å². The summed E-state index contributed by atoms with van der Waals surface area (Å²) in [5.74, 6) is 1.22. The van der Waals surface area contributed by atoms with E-state index in [9.17, 15) is 14.9 Å². The maximum atomic E-state index is 13.0. The van der Waals surface area contributed by atoms with Crippen molar-refractivity contribution >= 4 is 17.5 Å². The van der Waals surface area contributed by atoms with Gasteiger partial charge in [0.05, 0.1) is 96.3 Å². The van der Waals surface area contributed by atoms with Crippen molar-refractivity contribution in [3.63, 3.8) is 0 Å². The van der Waals surface area contributed by atoms with Gasteiger partial charge in [-0.15, -0.1) is 0 Å². The number of unbranched alkanes of at least 4 members (excludes halogenated alkanes) is 9. The molecule has 0 aliphatic carbocycles. The van der Waals surface area contributed by atoms with Crippen LogP contribution in [0.5, 0.6) is 23.0 Å². The maximum Gasteiger partial charge on any atom is 0.412 e. The fourth-order valence-electron chi connectivity index (χ4n) is 5.92. The highest BCUT2D eigenvalue weighted by Gasteiger charge is 2.26. The minimum atomic E-state index is -1.03. The molecule has 0 fully saturated rings. The standard InChI is InChI=1S/C42H66N2O14/c1-4-5-6-7-8-9-10-11-12-13-16-49-17-18-52-27-30-57-41-33-37(44(46)47)36(32-39(41)48-3)34(2)58-42(45)43-35-14-15-38-40(31-35)56-29-26-54-24-22-51-20-19-50-21-23-53-25-28-55-38/h14-15,31-34H,4-13,16-30H2,1-3H3,(H,43,45). The van der Waals surface area contributed by atoms with E-state index in [4.69, 9.17) is 52.1 Å². The van der Waals surface area contributed by atoms with Gasteiger partial charge in [0, 0.05) is 18.4 Å². The van der Waals surface area contributed by atoms with Gasteiger partial charge in [-0.3, -0.25) is 15.4 Å². The van der Waals surface area contributed by atoms with Crippen LogP contribution in [0.15, 0.2) is 30.3 Å². The van der Waals surface area contributed by atoms with Crippen LogP contribution in [0.4, 0.5) is 16.2 Å². The molecule has 1 N–H and O–H groups in total. The third-order valence-electron chi connectivity index (χ3n) is 9.01. The Bertz CT molecular complexity index is 1410. The smallest absolute Gasteiger partial charge is 0.412 e. The molecular weight excluding hydrogens is 756 g/mol. The number of rotatable bonds is 23. The lowest BCUT2D eigenvalue weighted by Crippen LogP contribution is -2.18. The summed E-state index contributed by atoms with van der Waals surface area (Å²) in [6.07, 6.45) is 10.9. The highest BCUT2D eigenvalue weighted by molar-refractivity contribution is 5.85. The summed E-state index contributed by atoms with van der Waals surface area (Å²) in [6, 6.07) is 7.55. The van der Waals surface area contributed by atoms with Crippen molar-refractivity contribution < 1.29 is 61.8 Å². The van der Waals surface area contributed by atoms with Crippen LogP contribution in [0.1, 0.15) is 89.7 Å². The first-order valence-electron chi connectivity index (χ1n) is 20.8. The Labute approximate surface area is 343 Å². The number of methoxy groups -OCH3 is 1. The average Bonchev–Trinajstić information content (AvgIpc) is 3.21. The van der Waals surface area contributed by atoms with Crippen molar-refractivity contribution in [2.75, 3.05) is 112 Å². The Balaban J connectivity index is 1.44. The van der Waals surface area contributed by atoms with Crippen LogP contribution in [0.25, 0.3) is 0 Å². The Morgan fingerprint density at radius 1 is 0.690 bits per heavy atom. The zero-order chi connectivity index (χ0) is 41.5. The number of amides is 1. The SMILES string of the molecule is CCCCCCCCCCCCOCCOCCOc1cc([N+](=O)[O-])c(C(C)OC(=O)Nc2ccc3c(c2)OCCOCCOCCOCCOCCO3)cc1OC. The molecule has 0 saturated heterocycles. The summed E-state index contributed by atoms with van der Waals surface area (Å²) in [7, 11) is 1.42. The van der Waals surface area contributed by atoms with E-state index in [0.29, 0.717) is 89.9 Å². The molecule has 2 aromatic rings. The average molecular weight is 823 g/mol. The molecule has 1 aliphatic rings. The topological polar surface area (TPSA) is 174 Å². The van der Waals surface area contributed by atoms with Crippen molar-refractivity contribution in [2.45, 2.75) is 84.2 Å². The summed E-state index contributed by atoms with van der Waals surface area (Å²) in [4.78, 5) is 24.6. The van der Waals surface area contributed by atoms with Gasteiger partial charge >= 0.3 is 6.09 Å². The van der Waals surface area contributed by atoms with Crippen LogP contribution in [0.2, 0.25) is 0 Å². The number of carbonyl (C=O) groups is 1. The highest BCUT2D eigenvalue weighted by Crippen LogP contribution is 2.39. The molecule has 1 atom stereocenters. The van der Waals surface area contributed by atoms with E-state index in [0.717, 1.165) is 6.42 Å². The first-order valence-corrected chi connectivity index (χ1v) is 20.8. The number of hydrogen-bond donors (Lipinski definition) is 1. The largest absolute Gasteiger partial charge is 0.493 e. The van der Waals surface area contributed by atoms with Gasteiger partial charge in [-0.05, 0) is 31.5 Å². The van der Waals surface area contributed by atoms with Crippen LogP contribution in [-0.2, 0) is 33.2 Å². The van der Waals surface area contributed by atoms with Crippen molar-refractivity contribution in [1.82, 2.24) is 0 Å². The number of fused-ring (bicyclic) bond motifs is 1. The van der Waals surface area contributed by atoms with Crippen molar-refractivity contribution in [3.8, 4) is 23.0 Å². The van der Waals surface area contributed by atoms with Gasteiger partial charge in [0.2, 0.25) is 0 Å². The molecule has 328 valence electrons. The number of nitro benzene ring substituents is 1.